The Morgan fingerprint density at radius 3 is 2.57 bits per heavy atom. The topological polar surface area (TPSA) is 0 Å². The molecule has 0 spiro atoms. The molecule has 2 rings (SSSR count). The summed E-state index contributed by atoms with van der Waals surface area (Å²) in [5.74, 6) is 2.61. The van der Waals surface area contributed by atoms with Crippen LogP contribution in [-0.2, 0) is 0 Å². The number of rotatable bonds is 5. The van der Waals surface area contributed by atoms with Gasteiger partial charge in [0.2, 0.25) is 0 Å². The first-order chi connectivity index (χ1) is 11.0. The van der Waals surface area contributed by atoms with E-state index in [1.807, 2.05) is 19.4 Å². The number of allylic oxidation sites excluding steroid dienone is 4. The number of hydrogen-bond acceptors (Lipinski definition) is 0. The predicted octanol–water partition coefficient (Wildman–Crippen LogP) is 7.95. The van der Waals surface area contributed by atoms with Gasteiger partial charge in [-0.1, -0.05) is 77.7 Å². The van der Waals surface area contributed by atoms with E-state index in [1.54, 1.807) is 5.57 Å². The van der Waals surface area contributed by atoms with E-state index in [4.69, 9.17) is 0 Å². The molecular formula is C23H42. The van der Waals surface area contributed by atoms with Crippen molar-refractivity contribution in [2.24, 2.45) is 23.2 Å². The molecule has 2 aliphatic rings. The molecule has 1 saturated carbocycles. The average molecular weight is 319 g/mol. The lowest BCUT2D eigenvalue weighted by Crippen LogP contribution is -2.41. The Morgan fingerprint density at radius 2 is 1.96 bits per heavy atom. The fraction of sp³-hybridized carbons (Fsp3) is 0.826. The summed E-state index contributed by atoms with van der Waals surface area (Å²) in [6.07, 6.45) is 15.9. The smallest absolute Gasteiger partial charge is 0.0144 e. The molecule has 23 heavy (non-hydrogen) atoms. The summed E-state index contributed by atoms with van der Waals surface area (Å²) < 4.78 is 0. The molecule has 4 atom stereocenters. The molecule has 2 aliphatic carbocycles. The molecular weight excluding hydrogens is 276 g/mol. The van der Waals surface area contributed by atoms with Gasteiger partial charge in [-0.15, -0.1) is 0 Å². The van der Waals surface area contributed by atoms with Crippen LogP contribution in [-0.4, -0.2) is 0 Å². The third kappa shape index (κ3) is 4.74. The number of hydrogen-bond donors (Lipinski definition) is 0. The van der Waals surface area contributed by atoms with Crippen LogP contribution in [0, 0.1) is 23.2 Å². The second kappa shape index (κ2) is 9.70. The van der Waals surface area contributed by atoms with Gasteiger partial charge in [0.1, 0.15) is 0 Å². The Morgan fingerprint density at radius 1 is 1.26 bits per heavy atom. The molecule has 0 amide bonds. The molecule has 0 nitrogen and oxygen atoms in total. The molecule has 0 aromatic heterocycles. The molecule has 0 aromatic carbocycles. The van der Waals surface area contributed by atoms with Gasteiger partial charge >= 0.3 is 0 Å². The summed E-state index contributed by atoms with van der Waals surface area (Å²) in [4.78, 5) is 0. The molecule has 0 saturated heterocycles. The molecule has 0 heteroatoms. The van der Waals surface area contributed by atoms with Gasteiger partial charge < -0.3 is 0 Å². The first kappa shape index (κ1) is 20.5. The third-order valence-electron chi connectivity index (χ3n) is 6.57. The van der Waals surface area contributed by atoms with E-state index in [0.717, 1.165) is 17.8 Å². The van der Waals surface area contributed by atoms with Crippen molar-refractivity contribution in [2.75, 3.05) is 0 Å². The van der Waals surface area contributed by atoms with Crippen molar-refractivity contribution < 1.29 is 0 Å². The van der Waals surface area contributed by atoms with Crippen LogP contribution >= 0.6 is 0 Å². The van der Waals surface area contributed by atoms with Crippen molar-refractivity contribution in [3.8, 4) is 0 Å². The standard InChI is InChI=1S/C21H36.C2H6/c1-6-9-16(3)14-15-21(5)18(7-2)12-13-19-17(4)10-8-11-20(19)21;1-2/h9,13,17-18,20H,6-8,10-12,14-15H2,1-5H3;1-2H3/b16-9+;/t17-,18+,20-,21-;/m1./s1. The van der Waals surface area contributed by atoms with Crippen LogP contribution in [0.4, 0.5) is 0 Å². The highest BCUT2D eigenvalue weighted by atomic mass is 14.5. The Balaban J connectivity index is 0.00000127. The Hall–Kier alpha value is -0.520. The molecule has 0 unspecified atom stereocenters. The first-order valence-corrected chi connectivity index (χ1v) is 10.4. The van der Waals surface area contributed by atoms with Gasteiger partial charge in [0, 0.05) is 0 Å². The average Bonchev–Trinajstić information content (AvgIpc) is 2.56. The Labute approximate surface area is 146 Å². The van der Waals surface area contributed by atoms with Crippen molar-refractivity contribution in [3.63, 3.8) is 0 Å². The zero-order chi connectivity index (χ0) is 17.5. The molecule has 0 aromatic rings. The zero-order valence-corrected chi connectivity index (χ0v) is 17.0. The van der Waals surface area contributed by atoms with Crippen LogP contribution in [0.5, 0.6) is 0 Å². The van der Waals surface area contributed by atoms with Crippen LogP contribution in [0.25, 0.3) is 0 Å². The maximum absolute atomic E-state index is 2.64. The van der Waals surface area contributed by atoms with Gasteiger partial charge in [-0.3, -0.25) is 0 Å². The summed E-state index contributed by atoms with van der Waals surface area (Å²) in [5.41, 5.74) is 3.97. The largest absolute Gasteiger partial charge is 0.0859 e. The summed E-state index contributed by atoms with van der Waals surface area (Å²) in [5, 5.41) is 0. The van der Waals surface area contributed by atoms with Gasteiger partial charge in [-0.25, -0.2) is 0 Å². The summed E-state index contributed by atoms with van der Waals surface area (Å²) in [7, 11) is 0. The van der Waals surface area contributed by atoms with Gasteiger partial charge in [0.25, 0.3) is 0 Å². The highest BCUT2D eigenvalue weighted by molar-refractivity contribution is 5.21. The summed E-state index contributed by atoms with van der Waals surface area (Å²) in [6.45, 7) is 16.1. The fourth-order valence-corrected chi connectivity index (χ4v) is 5.12. The maximum Gasteiger partial charge on any atom is -0.0144 e. The highest BCUT2D eigenvalue weighted by Gasteiger charge is 2.45. The highest BCUT2D eigenvalue weighted by Crippen LogP contribution is 2.55. The van der Waals surface area contributed by atoms with Gasteiger partial charge in [0.15, 0.2) is 0 Å². The molecule has 0 heterocycles. The third-order valence-corrected chi connectivity index (χ3v) is 6.57. The molecule has 0 bridgehead atoms. The van der Waals surface area contributed by atoms with E-state index >= 15 is 0 Å². The van der Waals surface area contributed by atoms with Crippen LogP contribution in [0.1, 0.15) is 99.8 Å². The van der Waals surface area contributed by atoms with Crippen LogP contribution in [0.3, 0.4) is 0 Å². The normalized spacial score (nSPS) is 34.1. The molecule has 134 valence electrons. The van der Waals surface area contributed by atoms with E-state index in [1.165, 1.54) is 51.4 Å². The molecule has 0 radical (unpaired) electrons. The molecule has 0 N–H and O–H groups in total. The van der Waals surface area contributed by atoms with E-state index < -0.39 is 0 Å². The van der Waals surface area contributed by atoms with E-state index in [9.17, 15) is 0 Å². The van der Waals surface area contributed by atoms with Crippen molar-refractivity contribution in [2.45, 2.75) is 99.8 Å². The zero-order valence-electron chi connectivity index (χ0n) is 17.0. The molecule has 0 aliphatic heterocycles. The summed E-state index contributed by atoms with van der Waals surface area (Å²) >= 11 is 0. The van der Waals surface area contributed by atoms with E-state index in [-0.39, 0.29) is 0 Å². The van der Waals surface area contributed by atoms with Crippen molar-refractivity contribution >= 4 is 0 Å². The van der Waals surface area contributed by atoms with Crippen LogP contribution in [0.15, 0.2) is 23.3 Å². The maximum atomic E-state index is 2.64. The summed E-state index contributed by atoms with van der Waals surface area (Å²) in [6, 6.07) is 0. The molecule has 1 fully saturated rings. The second-order valence-corrected chi connectivity index (χ2v) is 7.89. The Kier molecular flexibility index (Phi) is 8.65. The van der Waals surface area contributed by atoms with Gasteiger partial charge in [0.05, 0.1) is 0 Å². The SMILES string of the molecule is CC.CC/C=C(\C)CC[C@]1(C)[C@@H](CC)CC=C2[C@H](C)CCC[C@H]21. The number of fused-ring (bicyclic) bond motifs is 1. The predicted molar refractivity (Wildman–Crippen MR) is 106 cm³/mol. The minimum atomic E-state index is 0.538. The van der Waals surface area contributed by atoms with E-state index in [0.29, 0.717) is 5.41 Å². The lowest BCUT2D eigenvalue weighted by atomic mass is 9.54. The first-order valence-electron chi connectivity index (χ1n) is 10.4. The van der Waals surface area contributed by atoms with Crippen LogP contribution < -0.4 is 0 Å². The van der Waals surface area contributed by atoms with Crippen molar-refractivity contribution in [3.05, 3.63) is 23.3 Å². The van der Waals surface area contributed by atoms with E-state index in [2.05, 4.69) is 46.8 Å². The Bertz CT molecular complexity index is 400. The quantitative estimate of drug-likeness (QED) is 0.451. The minimum absolute atomic E-state index is 0.538. The lowest BCUT2D eigenvalue weighted by Gasteiger charge is -2.51. The monoisotopic (exact) mass is 318 g/mol. The lowest BCUT2D eigenvalue weighted by molar-refractivity contribution is 0.0611. The minimum Gasteiger partial charge on any atom is -0.0859 e. The van der Waals surface area contributed by atoms with Gasteiger partial charge in [-0.2, -0.15) is 0 Å². The van der Waals surface area contributed by atoms with Crippen molar-refractivity contribution in [1.29, 1.82) is 0 Å². The van der Waals surface area contributed by atoms with Crippen molar-refractivity contribution in [1.82, 2.24) is 0 Å². The fourth-order valence-electron chi connectivity index (χ4n) is 5.12. The van der Waals surface area contributed by atoms with Crippen LogP contribution in [0.2, 0.25) is 0 Å². The van der Waals surface area contributed by atoms with Gasteiger partial charge in [-0.05, 0) is 68.6 Å². The second-order valence-electron chi connectivity index (χ2n) is 7.89.